The summed E-state index contributed by atoms with van der Waals surface area (Å²) in [6, 6.07) is 11.2. The molecule has 5 rings (SSSR count). The van der Waals surface area contributed by atoms with E-state index in [-0.39, 0.29) is 5.91 Å². The predicted octanol–water partition coefficient (Wildman–Crippen LogP) is 1.42. The van der Waals surface area contributed by atoms with Crippen LogP contribution in [0.3, 0.4) is 0 Å². The highest BCUT2D eigenvalue weighted by atomic mass is 16.5. The molecule has 1 aliphatic heterocycles. The summed E-state index contributed by atoms with van der Waals surface area (Å²) in [5.74, 6) is 2.11. The molecule has 0 aliphatic carbocycles. The molecular weight excluding hydrogens is 410 g/mol. The Hall–Kier alpha value is -4.28. The molecule has 162 valence electrons. The highest BCUT2D eigenvalue weighted by Gasteiger charge is 2.24. The minimum absolute atomic E-state index is 0.0720. The van der Waals surface area contributed by atoms with E-state index in [9.17, 15) is 4.79 Å². The van der Waals surface area contributed by atoms with Crippen molar-refractivity contribution >= 4 is 11.7 Å². The number of carbonyl (C=O) groups excluding carboxylic acids is 1. The zero-order valence-electron chi connectivity index (χ0n) is 17.4. The molecule has 1 saturated heterocycles. The van der Waals surface area contributed by atoms with Gasteiger partial charge >= 0.3 is 0 Å². The number of piperazine rings is 1. The maximum atomic E-state index is 13.0. The lowest BCUT2D eigenvalue weighted by molar-refractivity contribution is 0.0740. The summed E-state index contributed by atoms with van der Waals surface area (Å²) in [5.41, 5.74) is 2.05. The minimum Gasteiger partial charge on any atom is -0.497 e. The van der Waals surface area contributed by atoms with Crippen molar-refractivity contribution in [2.75, 3.05) is 38.2 Å². The number of amides is 1. The van der Waals surface area contributed by atoms with Crippen molar-refractivity contribution in [1.29, 1.82) is 0 Å². The largest absolute Gasteiger partial charge is 0.497 e. The Balaban J connectivity index is 1.24. The number of hydrogen-bond acceptors (Lipinski definition) is 8. The van der Waals surface area contributed by atoms with Gasteiger partial charge in [0.25, 0.3) is 5.91 Å². The summed E-state index contributed by atoms with van der Waals surface area (Å²) in [6.45, 7) is 2.48. The monoisotopic (exact) mass is 431 g/mol. The van der Waals surface area contributed by atoms with Crippen molar-refractivity contribution in [3.63, 3.8) is 0 Å². The predicted molar refractivity (Wildman–Crippen MR) is 116 cm³/mol. The van der Waals surface area contributed by atoms with E-state index in [1.54, 1.807) is 24.2 Å². The van der Waals surface area contributed by atoms with Gasteiger partial charge in [0.2, 0.25) is 0 Å². The van der Waals surface area contributed by atoms with Crippen LogP contribution in [-0.2, 0) is 0 Å². The third-order valence-electron chi connectivity index (χ3n) is 5.36. The van der Waals surface area contributed by atoms with Crippen molar-refractivity contribution in [2.45, 2.75) is 0 Å². The van der Waals surface area contributed by atoms with Crippen LogP contribution in [0, 0.1) is 0 Å². The smallest absolute Gasteiger partial charge is 0.272 e. The summed E-state index contributed by atoms with van der Waals surface area (Å²) >= 11 is 0. The molecule has 0 saturated carbocycles. The number of carbonyl (C=O) groups is 1. The molecule has 11 nitrogen and oxygen atoms in total. The SMILES string of the molecule is COc1cccc(-c2cc(C(=O)N3CCN(c4cc(-n5cncn5)ncn4)CC3)[nH]n2)c1. The summed E-state index contributed by atoms with van der Waals surface area (Å²) in [5, 5.41) is 11.3. The van der Waals surface area contributed by atoms with Crippen LogP contribution in [-0.4, -0.2) is 79.0 Å². The first-order chi connectivity index (χ1) is 15.7. The van der Waals surface area contributed by atoms with E-state index in [0.717, 1.165) is 17.1 Å². The van der Waals surface area contributed by atoms with Gasteiger partial charge in [-0.05, 0) is 18.2 Å². The number of ether oxygens (including phenoxy) is 1. The van der Waals surface area contributed by atoms with Gasteiger partial charge in [-0.2, -0.15) is 10.2 Å². The quantitative estimate of drug-likeness (QED) is 0.504. The number of methoxy groups -OCH3 is 1. The van der Waals surface area contributed by atoms with E-state index < -0.39 is 0 Å². The van der Waals surface area contributed by atoms with Crippen molar-refractivity contribution in [2.24, 2.45) is 0 Å². The number of hydrogen-bond donors (Lipinski definition) is 1. The standard InChI is InChI=1S/C21H21N9O2/c1-32-16-4-2-3-15(9-16)17-10-18(27-26-17)21(31)29-7-5-28(6-8-29)19-11-20(24-13-23-19)30-14-22-12-25-30/h2-4,9-14H,5-8H2,1H3,(H,26,27). The second-order valence-electron chi connectivity index (χ2n) is 7.25. The first-order valence-corrected chi connectivity index (χ1v) is 10.1. The lowest BCUT2D eigenvalue weighted by Gasteiger charge is -2.35. The molecular formula is C21H21N9O2. The van der Waals surface area contributed by atoms with E-state index >= 15 is 0 Å². The summed E-state index contributed by atoms with van der Waals surface area (Å²) in [7, 11) is 1.62. The highest BCUT2D eigenvalue weighted by molar-refractivity contribution is 5.93. The maximum absolute atomic E-state index is 13.0. The molecule has 1 amide bonds. The molecule has 1 fully saturated rings. The molecule has 3 aromatic heterocycles. The van der Waals surface area contributed by atoms with Gasteiger partial charge in [-0.1, -0.05) is 12.1 Å². The second kappa shape index (κ2) is 8.46. The fourth-order valence-electron chi connectivity index (χ4n) is 3.63. The van der Waals surface area contributed by atoms with Crippen LogP contribution >= 0.6 is 0 Å². The average molecular weight is 431 g/mol. The molecule has 0 unspecified atom stereocenters. The number of aromatic nitrogens is 7. The van der Waals surface area contributed by atoms with E-state index in [0.29, 0.717) is 43.4 Å². The summed E-state index contributed by atoms with van der Waals surface area (Å²) in [6.07, 6.45) is 4.56. The lowest BCUT2D eigenvalue weighted by atomic mass is 10.1. The first-order valence-electron chi connectivity index (χ1n) is 10.1. The highest BCUT2D eigenvalue weighted by Crippen LogP contribution is 2.23. The molecule has 1 aromatic carbocycles. The van der Waals surface area contributed by atoms with Gasteiger partial charge in [0.05, 0.1) is 12.8 Å². The zero-order valence-corrected chi connectivity index (χ0v) is 17.4. The van der Waals surface area contributed by atoms with Crippen molar-refractivity contribution in [1.82, 2.24) is 39.8 Å². The van der Waals surface area contributed by atoms with Crippen LogP contribution < -0.4 is 9.64 Å². The van der Waals surface area contributed by atoms with Crippen molar-refractivity contribution in [3.8, 4) is 22.8 Å². The van der Waals surface area contributed by atoms with Crippen molar-refractivity contribution in [3.05, 3.63) is 61.1 Å². The fraction of sp³-hybridized carbons (Fsp3) is 0.238. The van der Waals surface area contributed by atoms with Gasteiger partial charge in [0.1, 0.15) is 36.2 Å². The first kappa shape index (κ1) is 19.7. The Labute approximate surface area is 183 Å². The number of nitrogens with zero attached hydrogens (tertiary/aromatic N) is 8. The third kappa shape index (κ3) is 3.87. The van der Waals surface area contributed by atoms with Gasteiger partial charge in [-0.15, -0.1) is 0 Å². The normalized spacial score (nSPS) is 13.9. The average Bonchev–Trinajstić information content (AvgIpc) is 3.57. The van der Waals surface area contributed by atoms with Crippen LogP contribution in [0.25, 0.3) is 17.1 Å². The van der Waals surface area contributed by atoms with Gasteiger partial charge in [-0.3, -0.25) is 9.89 Å². The Morgan fingerprint density at radius 3 is 2.66 bits per heavy atom. The fourth-order valence-corrected chi connectivity index (χ4v) is 3.63. The Kier molecular flexibility index (Phi) is 5.20. The van der Waals surface area contributed by atoms with Crippen LogP contribution in [0.5, 0.6) is 5.75 Å². The van der Waals surface area contributed by atoms with Gasteiger partial charge < -0.3 is 14.5 Å². The zero-order chi connectivity index (χ0) is 21.9. The molecule has 0 bridgehead atoms. The van der Waals surface area contributed by atoms with E-state index in [1.807, 2.05) is 35.2 Å². The molecule has 0 spiro atoms. The van der Waals surface area contributed by atoms with Crippen LogP contribution in [0.2, 0.25) is 0 Å². The number of nitrogens with one attached hydrogen (secondary N) is 1. The summed E-state index contributed by atoms with van der Waals surface area (Å²) in [4.78, 5) is 29.5. The van der Waals surface area contributed by atoms with Gasteiger partial charge in [-0.25, -0.2) is 19.6 Å². The molecule has 11 heteroatoms. The van der Waals surface area contributed by atoms with Gasteiger partial charge in [0.15, 0.2) is 5.82 Å². The van der Waals surface area contributed by atoms with Crippen LogP contribution in [0.15, 0.2) is 55.4 Å². The molecule has 1 N–H and O–H groups in total. The number of rotatable bonds is 5. The van der Waals surface area contributed by atoms with Crippen LogP contribution in [0.1, 0.15) is 10.5 Å². The topological polar surface area (TPSA) is 118 Å². The Morgan fingerprint density at radius 2 is 1.88 bits per heavy atom. The Bertz CT molecular complexity index is 1210. The number of benzene rings is 1. The summed E-state index contributed by atoms with van der Waals surface area (Å²) < 4.78 is 6.85. The molecule has 32 heavy (non-hydrogen) atoms. The van der Waals surface area contributed by atoms with E-state index in [2.05, 4.69) is 35.1 Å². The number of aromatic amines is 1. The van der Waals surface area contributed by atoms with Crippen molar-refractivity contribution < 1.29 is 9.53 Å². The van der Waals surface area contributed by atoms with E-state index in [4.69, 9.17) is 4.74 Å². The molecule has 1 aliphatic rings. The third-order valence-corrected chi connectivity index (χ3v) is 5.36. The van der Waals surface area contributed by atoms with Crippen LogP contribution in [0.4, 0.5) is 5.82 Å². The molecule has 0 radical (unpaired) electrons. The Morgan fingerprint density at radius 1 is 1.03 bits per heavy atom. The number of anilines is 1. The maximum Gasteiger partial charge on any atom is 0.272 e. The van der Waals surface area contributed by atoms with Gasteiger partial charge in [0, 0.05) is 37.8 Å². The van der Waals surface area contributed by atoms with E-state index in [1.165, 1.54) is 12.7 Å². The minimum atomic E-state index is -0.0720. The second-order valence-corrected chi connectivity index (χ2v) is 7.25. The lowest BCUT2D eigenvalue weighted by Crippen LogP contribution is -2.49. The number of H-pyrrole nitrogens is 1. The molecule has 4 heterocycles. The molecule has 0 atom stereocenters. The molecule has 4 aromatic rings.